The number of benzene rings is 1. The fourth-order valence-corrected chi connectivity index (χ4v) is 6.91. The highest BCUT2D eigenvalue weighted by molar-refractivity contribution is 7.90. The number of hydrogen-bond acceptors (Lipinski definition) is 7. The van der Waals surface area contributed by atoms with E-state index in [1.54, 1.807) is 63.4 Å². The SMILES string of the molecule is CC(C)(C)OC(=O)NCc1nc2cnc3c(ccn3S(=O)(=O)c3ccccc3)c2n1C1CC2C(O)CC21. The first-order valence-corrected chi connectivity index (χ1v) is 13.8. The summed E-state index contributed by atoms with van der Waals surface area (Å²) in [5.41, 5.74) is 1.08. The number of alkyl carbamates (subject to hydrolysis) is 1. The molecule has 0 radical (unpaired) electrons. The van der Waals surface area contributed by atoms with E-state index in [1.165, 1.54) is 10.2 Å². The van der Waals surface area contributed by atoms with E-state index in [4.69, 9.17) is 9.72 Å². The molecule has 3 aromatic heterocycles. The van der Waals surface area contributed by atoms with Gasteiger partial charge in [-0.2, -0.15) is 0 Å². The van der Waals surface area contributed by atoms with Gasteiger partial charge in [-0.1, -0.05) is 18.2 Å². The van der Waals surface area contributed by atoms with Crippen molar-refractivity contribution in [2.24, 2.45) is 11.8 Å². The van der Waals surface area contributed by atoms with Crippen LogP contribution >= 0.6 is 0 Å². The van der Waals surface area contributed by atoms with Crippen LogP contribution in [0.4, 0.5) is 4.79 Å². The molecular formula is C26H29N5O5S. The molecule has 3 heterocycles. The number of carbonyl (C=O) groups excluding carboxylic acids is 1. The molecular weight excluding hydrogens is 494 g/mol. The Hall–Kier alpha value is -3.44. The summed E-state index contributed by atoms with van der Waals surface area (Å²) in [5.74, 6) is 1.21. The number of aliphatic hydroxyl groups excluding tert-OH is 1. The molecule has 10 nitrogen and oxygen atoms in total. The molecule has 2 N–H and O–H groups in total. The van der Waals surface area contributed by atoms with E-state index in [1.807, 2.05) is 0 Å². The van der Waals surface area contributed by atoms with Crippen molar-refractivity contribution in [2.45, 2.75) is 62.8 Å². The Balaban J connectivity index is 1.45. The lowest BCUT2D eigenvalue weighted by Crippen LogP contribution is -2.55. The first-order chi connectivity index (χ1) is 17.5. The number of rotatable bonds is 5. The Labute approximate surface area is 214 Å². The van der Waals surface area contributed by atoms with Crippen LogP contribution in [0.15, 0.2) is 53.7 Å². The molecule has 4 unspecified atom stereocenters. The minimum absolute atomic E-state index is 0.0912. The van der Waals surface area contributed by atoms with Gasteiger partial charge in [0.1, 0.15) is 16.9 Å². The summed E-state index contributed by atoms with van der Waals surface area (Å²) in [7, 11) is -3.85. The third-order valence-corrected chi connectivity index (χ3v) is 9.07. The number of aliphatic hydroxyl groups is 1. The summed E-state index contributed by atoms with van der Waals surface area (Å²) in [6.45, 7) is 5.54. The van der Waals surface area contributed by atoms with Crippen molar-refractivity contribution >= 4 is 38.2 Å². The van der Waals surface area contributed by atoms with Crippen LogP contribution < -0.4 is 5.32 Å². The Morgan fingerprint density at radius 3 is 2.57 bits per heavy atom. The molecule has 2 aliphatic carbocycles. The van der Waals surface area contributed by atoms with Crippen LogP contribution in [0.5, 0.6) is 0 Å². The maximum atomic E-state index is 13.4. The topological polar surface area (TPSA) is 128 Å². The van der Waals surface area contributed by atoms with Gasteiger partial charge < -0.3 is 19.7 Å². The van der Waals surface area contributed by atoms with E-state index in [0.717, 1.165) is 11.9 Å². The zero-order valence-electron chi connectivity index (χ0n) is 20.8. The number of imidazole rings is 1. The maximum Gasteiger partial charge on any atom is 0.408 e. The Bertz CT molecular complexity index is 1620. The summed E-state index contributed by atoms with van der Waals surface area (Å²) in [5, 5.41) is 13.6. The van der Waals surface area contributed by atoms with Gasteiger partial charge in [0.25, 0.3) is 10.0 Å². The molecule has 2 fully saturated rings. The summed E-state index contributed by atoms with van der Waals surface area (Å²) in [6.07, 6.45) is 3.79. The van der Waals surface area contributed by atoms with Gasteiger partial charge in [0.15, 0.2) is 5.65 Å². The number of nitrogens with one attached hydrogen (secondary N) is 1. The molecule has 2 aliphatic rings. The zero-order valence-corrected chi connectivity index (χ0v) is 21.6. The predicted molar refractivity (Wildman–Crippen MR) is 136 cm³/mol. The van der Waals surface area contributed by atoms with Crippen molar-refractivity contribution in [2.75, 3.05) is 0 Å². The molecule has 194 valence electrons. The van der Waals surface area contributed by atoms with Gasteiger partial charge in [0.05, 0.1) is 29.3 Å². The van der Waals surface area contributed by atoms with Crippen LogP contribution in [0.1, 0.15) is 45.5 Å². The molecule has 0 saturated heterocycles. The maximum absolute atomic E-state index is 13.4. The summed E-state index contributed by atoms with van der Waals surface area (Å²) >= 11 is 0. The minimum atomic E-state index is -3.85. The molecule has 0 aliphatic heterocycles. The normalized spacial score (nSPS) is 23.4. The average Bonchev–Trinajstić information content (AvgIpc) is 3.42. The zero-order chi connectivity index (χ0) is 26.1. The third kappa shape index (κ3) is 3.88. The number of nitrogens with zero attached hydrogens (tertiary/aromatic N) is 4. The summed E-state index contributed by atoms with van der Waals surface area (Å²) in [4.78, 5) is 21.8. The van der Waals surface area contributed by atoms with Crippen LogP contribution in [-0.4, -0.2) is 49.8 Å². The van der Waals surface area contributed by atoms with Crippen molar-refractivity contribution in [1.29, 1.82) is 0 Å². The summed E-state index contributed by atoms with van der Waals surface area (Å²) in [6, 6.07) is 10.1. The lowest BCUT2D eigenvalue weighted by Gasteiger charge is -2.56. The Morgan fingerprint density at radius 1 is 1.16 bits per heavy atom. The number of carbonyl (C=O) groups is 1. The lowest BCUT2D eigenvalue weighted by molar-refractivity contribution is -0.131. The van der Waals surface area contributed by atoms with Crippen molar-refractivity contribution < 1.29 is 23.1 Å². The van der Waals surface area contributed by atoms with Crippen molar-refractivity contribution in [1.82, 2.24) is 23.8 Å². The second-order valence-electron chi connectivity index (χ2n) is 10.8. The number of aromatic nitrogens is 4. The van der Waals surface area contributed by atoms with E-state index >= 15 is 0 Å². The van der Waals surface area contributed by atoms with E-state index in [9.17, 15) is 18.3 Å². The smallest absolute Gasteiger partial charge is 0.408 e. The van der Waals surface area contributed by atoms with Crippen LogP contribution in [0, 0.1) is 11.8 Å². The highest BCUT2D eigenvalue weighted by atomic mass is 32.2. The average molecular weight is 524 g/mol. The summed E-state index contributed by atoms with van der Waals surface area (Å²) < 4.78 is 35.4. The Morgan fingerprint density at radius 2 is 1.92 bits per heavy atom. The molecule has 2 saturated carbocycles. The number of hydrogen-bond donors (Lipinski definition) is 2. The number of pyridine rings is 1. The molecule has 37 heavy (non-hydrogen) atoms. The largest absolute Gasteiger partial charge is 0.444 e. The highest BCUT2D eigenvalue weighted by Crippen LogP contribution is 2.57. The van der Waals surface area contributed by atoms with Gasteiger partial charge in [0.2, 0.25) is 0 Å². The predicted octanol–water partition coefficient (Wildman–Crippen LogP) is 3.59. The van der Waals surface area contributed by atoms with E-state index in [0.29, 0.717) is 34.7 Å². The molecule has 1 aromatic carbocycles. The van der Waals surface area contributed by atoms with E-state index < -0.39 is 21.7 Å². The van der Waals surface area contributed by atoms with Crippen molar-refractivity contribution in [3.63, 3.8) is 0 Å². The minimum Gasteiger partial charge on any atom is -0.444 e. The number of fused-ring (bicyclic) bond motifs is 4. The lowest BCUT2D eigenvalue weighted by atomic mass is 9.54. The van der Waals surface area contributed by atoms with Gasteiger partial charge >= 0.3 is 6.09 Å². The molecule has 4 atom stereocenters. The monoisotopic (exact) mass is 523 g/mol. The molecule has 0 bridgehead atoms. The fraction of sp³-hybridized carbons (Fsp3) is 0.423. The third-order valence-electron chi connectivity index (χ3n) is 7.39. The molecule has 1 amide bonds. The second kappa shape index (κ2) is 8.29. The fourth-order valence-electron chi connectivity index (χ4n) is 5.59. The van der Waals surface area contributed by atoms with Crippen molar-refractivity contribution in [3.05, 3.63) is 54.6 Å². The van der Waals surface area contributed by atoms with Gasteiger partial charge in [-0.25, -0.2) is 27.2 Å². The molecule has 11 heteroatoms. The van der Waals surface area contributed by atoms with Gasteiger partial charge in [-0.15, -0.1) is 0 Å². The van der Waals surface area contributed by atoms with E-state index in [2.05, 4.69) is 14.9 Å². The van der Waals surface area contributed by atoms with Gasteiger partial charge in [-0.05, 0) is 63.6 Å². The van der Waals surface area contributed by atoms with E-state index in [-0.39, 0.29) is 29.5 Å². The Kier molecular flexibility index (Phi) is 5.36. The van der Waals surface area contributed by atoms with Gasteiger partial charge in [-0.3, -0.25) is 0 Å². The first-order valence-electron chi connectivity index (χ1n) is 12.4. The van der Waals surface area contributed by atoms with Crippen molar-refractivity contribution in [3.8, 4) is 0 Å². The standard InChI is InChI=1S/C26H29N5O5S/c1-26(2,3)36-25(33)28-14-22-29-19-13-27-24-16(23(19)31(22)20-11-18-17(20)12-21(18)32)9-10-30(24)37(34,35)15-7-5-4-6-8-15/h4-10,13,17-18,20-21,32H,11-12,14H2,1-3H3,(H,28,33). The second-order valence-corrected chi connectivity index (χ2v) is 12.7. The molecule has 4 aromatic rings. The van der Waals surface area contributed by atoms with Crippen LogP contribution in [0.25, 0.3) is 22.1 Å². The molecule has 6 rings (SSSR count). The molecule has 0 spiro atoms. The van der Waals surface area contributed by atoms with Crippen LogP contribution in [0.3, 0.4) is 0 Å². The highest BCUT2D eigenvalue weighted by Gasteiger charge is 2.54. The van der Waals surface area contributed by atoms with Crippen LogP contribution in [0.2, 0.25) is 0 Å². The van der Waals surface area contributed by atoms with Gasteiger partial charge in [0, 0.05) is 17.6 Å². The quantitative estimate of drug-likeness (QED) is 0.409. The van der Waals surface area contributed by atoms with Crippen LogP contribution in [-0.2, 0) is 21.3 Å². The number of ether oxygens (including phenoxy) is 1. The number of amides is 1. The first kappa shape index (κ1) is 23.9.